The van der Waals surface area contributed by atoms with Crippen molar-refractivity contribution in [1.29, 1.82) is 0 Å². The molecule has 0 bridgehead atoms. The van der Waals surface area contributed by atoms with Crippen molar-refractivity contribution in [2.24, 2.45) is 0 Å². The van der Waals surface area contributed by atoms with E-state index in [9.17, 15) is 0 Å². The summed E-state index contributed by atoms with van der Waals surface area (Å²) in [6.07, 6.45) is 9.44. The van der Waals surface area contributed by atoms with Gasteiger partial charge in [-0.2, -0.15) is 0 Å². The molecule has 0 fully saturated rings. The van der Waals surface area contributed by atoms with Crippen LogP contribution in [0.2, 0.25) is 19.6 Å². The van der Waals surface area contributed by atoms with Gasteiger partial charge in [0.05, 0.1) is 19.8 Å². The van der Waals surface area contributed by atoms with E-state index in [1.807, 2.05) is 84.9 Å². The molecule has 0 aliphatic heterocycles. The molecule has 4 aromatic carbocycles. The summed E-state index contributed by atoms with van der Waals surface area (Å²) in [4.78, 5) is 11.2. The van der Waals surface area contributed by atoms with E-state index in [2.05, 4.69) is 131 Å². The van der Waals surface area contributed by atoms with Gasteiger partial charge in [0.2, 0.25) is 0 Å². The molecule has 302 valence electrons. The molecule has 1 N–H and O–H groups in total. The van der Waals surface area contributed by atoms with Crippen molar-refractivity contribution >= 4 is 75.7 Å². The Balaban J connectivity index is -0.000000219. The normalized spacial score (nSPS) is 8.88. The largest absolute Gasteiger partial charge is 1.00 e. The topological polar surface area (TPSA) is 97.3 Å². The zero-order chi connectivity index (χ0) is 41.7. The molecule has 4 aromatic rings. The number of terminal acetylenes is 1. The maximum Gasteiger partial charge on any atom is 1.00 e. The van der Waals surface area contributed by atoms with E-state index in [4.69, 9.17) is 35.8 Å². The SMILES string of the molecule is C#C[Si](C)(C)C.CCCBr.CCCOc1ccc(C#Cc2ccc(OCCC)cc2)cc1.CCCOc1ccc(I)cc1.O=CO[O-].Oc1ccc(I)cc1.[H-].[K+].[K+]. The number of ether oxygens (including phenoxy) is 3. The second-order valence-electron chi connectivity index (χ2n) is 12.1. The van der Waals surface area contributed by atoms with Gasteiger partial charge in [-0.1, -0.05) is 75.1 Å². The first-order chi connectivity index (χ1) is 26.3. The number of hydrogen-bond acceptors (Lipinski definition) is 7. The predicted octanol–water partition coefficient (Wildman–Crippen LogP) is 5.58. The van der Waals surface area contributed by atoms with Gasteiger partial charge >= 0.3 is 103 Å². The number of benzene rings is 4. The van der Waals surface area contributed by atoms with Gasteiger partial charge in [0.1, 0.15) is 31.1 Å². The third-order valence-electron chi connectivity index (χ3n) is 5.78. The van der Waals surface area contributed by atoms with Crippen LogP contribution in [0.25, 0.3) is 0 Å². The molecule has 7 nitrogen and oxygen atoms in total. The second-order valence-corrected chi connectivity index (χ2v) is 20.1. The molecular weight excluding hydrogens is 1080 g/mol. The molecule has 0 atom stereocenters. The summed E-state index contributed by atoms with van der Waals surface area (Å²) in [6.45, 7) is 17.0. The van der Waals surface area contributed by atoms with Gasteiger partial charge in [-0.25, -0.2) is 0 Å². The van der Waals surface area contributed by atoms with Crippen LogP contribution in [0.1, 0.15) is 65.9 Å². The first-order valence-electron chi connectivity index (χ1n) is 17.9. The summed E-state index contributed by atoms with van der Waals surface area (Å²) in [5.41, 5.74) is 4.71. The monoisotopic (exact) mass is 1140 g/mol. The minimum atomic E-state index is -1.10. The summed E-state index contributed by atoms with van der Waals surface area (Å²) >= 11 is 7.71. The molecule has 57 heavy (non-hydrogen) atoms. The number of aromatic hydroxyl groups is 1. The van der Waals surface area contributed by atoms with Gasteiger partial charge in [-0.3, -0.25) is 4.79 Å². The molecule has 0 saturated heterocycles. The van der Waals surface area contributed by atoms with Crippen molar-refractivity contribution in [3.8, 4) is 46.8 Å². The van der Waals surface area contributed by atoms with Crippen LogP contribution in [0.15, 0.2) is 97.1 Å². The summed E-state index contributed by atoms with van der Waals surface area (Å²) in [5, 5.41) is 18.3. The Morgan fingerprint density at radius 1 is 0.667 bits per heavy atom. The first-order valence-corrected chi connectivity index (χ1v) is 24.7. The quantitative estimate of drug-likeness (QED) is 0.0399. The second kappa shape index (κ2) is 44.1. The number of hydrogen-bond donors (Lipinski definition) is 1. The van der Waals surface area contributed by atoms with Crippen LogP contribution in [0.3, 0.4) is 0 Å². The molecule has 0 aliphatic carbocycles. The van der Waals surface area contributed by atoms with Gasteiger partial charge in [-0.15, -0.1) is 12.0 Å². The van der Waals surface area contributed by atoms with Crippen LogP contribution < -0.4 is 122 Å². The minimum absolute atomic E-state index is 0. The fourth-order valence-corrected chi connectivity index (χ4v) is 3.76. The maximum atomic E-state index is 8.75. The molecule has 13 heteroatoms. The van der Waals surface area contributed by atoms with E-state index >= 15 is 0 Å². The van der Waals surface area contributed by atoms with Crippen LogP contribution >= 0.6 is 61.1 Å². The average Bonchev–Trinajstić information content (AvgIpc) is 3.20. The first kappa shape index (κ1) is 63.7. The van der Waals surface area contributed by atoms with Gasteiger partial charge < -0.3 is 30.9 Å². The van der Waals surface area contributed by atoms with Gasteiger partial charge in [0, 0.05) is 23.6 Å². The number of phenolic OH excluding ortho intramolecular Hbond substituents is 1. The van der Waals surface area contributed by atoms with E-state index in [0.29, 0.717) is 5.75 Å². The fraction of sp³-hybridized carbons (Fsp3) is 0.341. The van der Waals surface area contributed by atoms with Crippen molar-refractivity contribution in [3.63, 3.8) is 0 Å². The Bertz CT molecular complexity index is 1540. The molecule has 4 rings (SSSR count). The number of rotatable bonds is 11. The van der Waals surface area contributed by atoms with Gasteiger partial charge in [-0.05, 0) is 168 Å². The summed E-state index contributed by atoms with van der Waals surface area (Å²) in [6, 6.07) is 30.9. The van der Waals surface area contributed by atoms with Crippen LogP contribution in [-0.4, -0.2) is 44.8 Å². The van der Waals surface area contributed by atoms with E-state index in [-0.39, 0.29) is 111 Å². The zero-order valence-electron chi connectivity index (χ0n) is 36.1. The summed E-state index contributed by atoms with van der Waals surface area (Å²) in [5.74, 6) is 9.40. The standard InChI is InChI=1S/C20H22O2.C9H11IO.C6H5IO.C5H10Si.C3H7Br.CH2O3.2K.H/c1-3-15-21-19-11-7-17(8-12-19)5-6-18-9-13-20(14-10-18)22-16-4-2;1-2-7-11-9-5-3-8(10)4-6-9;7-5-1-3-6(8)4-2-5;1-5-6(2,3)4;1-2-3-4;2-1-4-3;;;/h7-14H,3-4,15-16H2,1-2H3;3-6H,2,7H2,1H3;1-4,8H;1H,2-4H3;2-3H2,1H3;1,3H;;;/q;;;;;;2*+1;-1/p-1. The number of carbonyl (C=O) groups is 1. The molecular formula is C44H57BrI2K2O7Si. The van der Waals surface area contributed by atoms with Gasteiger partial charge in [0.15, 0.2) is 0 Å². The number of alkyl halides is 1. The van der Waals surface area contributed by atoms with E-state index in [1.165, 1.54) is 9.99 Å². The zero-order valence-corrected chi connectivity index (χ0v) is 48.2. The molecule has 0 radical (unpaired) electrons. The van der Waals surface area contributed by atoms with E-state index < -0.39 is 8.07 Å². The Morgan fingerprint density at radius 3 is 1.14 bits per heavy atom. The summed E-state index contributed by atoms with van der Waals surface area (Å²) in [7, 11) is -1.10. The van der Waals surface area contributed by atoms with Crippen molar-refractivity contribution in [2.75, 3.05) is 25.2 Å². The third-order valence-corrected chi connectivity index (χ3v) is 8.88. The maximum absolute atomic E-state index is 8.75. The molecule has 0 heterocycles. The van der Waals surface area contributed by atoms with Gasteiger partial charge in [0.25, 0.3) is 6.47 Å². The van der Waals surface area contributed by atoms with Crippen LogP contribution in [-0.2, 0) is 9.68 Å². The van der Waals surface area contributed by atoms with E-state index in [0.717, 1.165) is 76.4 Å². The predicted molar refractivity (Wildman–Crippen MR) is 251 cm³/mol. The molecule has 0 amide bonds. The summed E-state index contributed by atoms with van der Waals surface area (Å²) < 4.78 is 18.9. The minimum Gasteiger partial charge on any atom is -1.00 e. The van der Waals surface area contributed by atoms with Crippen LogP contribution in [0, 0.1) is 30.9 Å². The van der Waals surface area contributed by atoms with Crippen molar-refractivity contribution < 1.29 is 138 Å². The van der Waals surface area contributed by atoms with Crippen molar-refractivity contribution in [2.45, 2.75) is 73.0 Å². The van der Waals surface area contributed by atoms with Crippen molar-refractivity contribution in [1.82, 2.24) is 0 Å². The molecule has 0 spiro atoms. The molecule has 0 aromatic heterocycles. The van der Waals surface area contributed by atoms with E-state index in [1.54, 1.807) is 12.1 Å². The van der Waals surface area contributed by atoms with Crippen LogP contribution in [0.4, 0.5) is 0 Å². The Morgan fingerprint density at radius 2 is 0.930 bits per heavy atom. The number of carbonyl (C=O) groups excluding carboxylic acids is 1. The fourth-order valence-electron chi connectivity index (χ4n) is 3.04. The Labute approximate surface area is 466 Å². The average molecular weight is 1140 g/mol. The number of phenols is 1. The smallest absolute Gasteiger partial charge is 1.00 e. The number of halogens is 3. The van der Waals surface area contributed by atoms with Crippen molar-refractivity contribution in [3.05, 3.63) is 115 Å². The Hall–Kier alpha value is 0.0596. The Kier molecular flexibility index (Phi) is 49.3. The molecule has 0 saturated carbocycles. The molecule has 0 unspecified atom stereocenters. The van der Waals surface area contributed by atoms with Crippen LogP contribution in [0.5, 0.6) is 23.0 Å². The third kappa shape index (κ3) is 42.5. The molecule has 0 aliphatic rings.